The summed E-state index contributed by atoms with van der Waals surface area (Å²) in [7, 11) is 1.67. The Balaban J connectivity index is 2.84. The van der Waals surface area contributed by atoms with Crippen molar-refractivity contribution in [1.29, 1.82) is 0 Å². The van der Waals surface area contributed by atoms with Crippen LogP contribution in [0.5, 0.6) is 0 Å². The molecule has 1 unspecified atom stereocenters. The van der Waals surface area contributed by atoms with Gasteiger partial charge in [0.1, 0.15) is 11.6 Å². The normalized spacial score (nSPS) is 23.5. The van der Waals surface area contributed by atoms with E-state index in [1.165, 1.54) is 0 Å². The molecule has 0 radical (unpaired) electrons. The lowest BCUT2D eigenvalue weighted by molar-refractivity contribution is -0.154. The van der Waals surface area contributed by atoms with Gasteiger partial charge in [0.05, 0.1) is 0 Å². The standard InChI is InChI=1S/C14H26N2O3/c1-10-11(17)15-14(4,5)12(18)16(10)9-13(2,3)7-8-19-6/h10H,7-9H2,1-6H3,(H,15,17). The minimum atomic E-state index is -0.819. The molecule has 1 fully saturated rings. The first-order chi connectivity index (χ1) is 8.60. The predicted molar refractivity (Wildman–Crippen MR) is 73.7 cm³/mol. The van der Waals surface area contributed by atoms with Crippen molar-refractivity contribution < 1.29 is 14.3 Å². The first kappa shape index (κ1) is 16.0. The summed E-state index contributed by atoms with van der Waals surface area (Å²) in [5.74, 6) is -0.114. The second kappa shape index (κ2) is 5.49. The molecule has 0 aromatic rings. The van der Waals surface area contributed by atoms with Gasteiger partial charge in [-0.05, 0) is 32.6 Å². The zero-order valence-corrected chi connectivity index (χ0v) is 12.9. The Kier molecular flexibility index (Phi) is 4.61. The van der Waals surface area contributed by atoms with Gasteiger partial charge in [-0.25, -0.2) is 0 Å². The van der Waals surface area contributed by atoms with E-state index in [2.05, 4.69) is 19.2 Å². The Bertz CT molecular complexity index is 364. The van der Waals surface area contributed by atoms with Crippen molar-refractivity contribution in [2.75, 3.05) is 20.3 Å². The van der Waals surface area contributed by atoms with E-state index >= 15 is 0 Å². The minimum absolute atomic E-state index is 0.0231. The summed E-state index contributed by atoms with van der Waals surface area (Å²) in [4.78, 5) is 26.1. The van der Waals surface area contributed by atoms with Crippen molar-refractivity contribution in [1.82, 2.24) is 10.2 Å². The Labute approximate surface area is 115 Å². The summed E-state index contributed by atoms with van der Waals surface area (Å²) in [6, 6.07) is -0.414. The molecule has 19 heavy (non-hydrogen) atoms. The molecule has 0 bridgehead atoms. The van der Waals surface area contributed by atoms with Gasteiger partial charge in [-0.1, -0.05) is 13.8 Å². The van der Waals surface area contributed by atoms with Crippen LogP contribution in [0, 0.1) is 5.41 Å². The average Bonchev–Trinajstić information content (AvgIpc) is 2.29. The Hall–Kier alpha value is -1.10. The van der Waals surface area contributed by atoms with Crippen molar-refractivity contribution in [3.8, 4) is 0 Å². The molecule has 110 valence electrons. The maximum absolute atomic E-state index is 12.4. The summed E-state index contributed by atoms with van der Waals surface area (Å²) >= 11 is 0. The number of ether oxygens (including phenoxy) is 1. The molecule has 1 aliphatic rings. The first-order valence-corrected chi connectivity index (χ1v) is 6.73. The highest BCUT2D eigenvalue weighted by Crippen LogP contribution is 2.26. The van der Waals surface area contributed by atoms with Gasteiger partial charge < -0.3 is 15.0 Å². The summed E-state index contributed by atoms with van der Waals surface area (Å²) in [6.45, 7) is 10.7. The maximum Gasteiger partial charge on any atom is 0.248 e. The molecule has 1 N–H and O–H groups in total. The second-order valence-corrected chi connectivity index (χ2v) is 6.63. The zero-order chi connectivity index (χ0) is 14.8. The topological polar surface area (TPSA) is 58.6 Å². The number of amides is 2. The average molecular weight is 270 g/mol. The third-order valence-corrected chi connectivity index (χ3v) is 3.66. The number of methoxy groups -OCH3 is 1. The molecule has 0 aromatic heterocycles. The number of carbonyl (C=O) groups is 2. The second-order valence-electron chi connectivity index (χ2n) is 6.63. The zero-order valence-electron chi connectivity index (χ0n) is 12.9. The summed E-state index contributed by atoms with van der Waals surface area (Å²) < 4.78 is 5.10. The van der Waals surface area contributed by atoms with Crippen molar-refractivity contribution in [2.24, 2.45) is 5.41 Å². The highest BCUT2D eigenvalue weighted by molar-refractivity contribution is 5.99. The molecular weight excluding hydrogens is 244 g/mol. The highest BCUT2D eigenvalue weighted by atomic mass is 16.5. The van der Waals surface area contributed by atoms with Gasteiger partial charge >= 0.3 is 0 Å². The Morgan fingerprint density at radius 1 is 1.37 bits per heavy atom. The van der Waals surface area contributed by atoms with Crippen LogP contribution in [0.4, 0.5) is 0 Å². The lowest BCUT2D eigenvalue weighted by atomic mass is 9.86. The quantitative estimate of drug-likeness (QED) is 0.816. The van der Waals surface area contributed by atoms with Crippen LogP contribution in [0.25, 0.3) is 0 Å². The van der Waals surface area contributed by atoms with E-state index in [1.54, 1.807) is 32.8 Å². The van der Waals surface area contributed by atoms with E-state index in [4.69, 9.17) is 4.74 Å². The van der Waals surface area contributed by atoms with Crippen LogP contribution in [0.1, 0.15) is 41.0 Å². The highest BCUT2D eigenvalue weighted by Gasteiger charge is 2.44. The number of nitrogens with zero attached hydrogens (tertiary/aromatic N) is 1. The Morgan fingerprint density at radius 3 is 2.47 bits per heavy atom. The lowest BCUT2D eigenvalue weighted by Crippen LogP contribution is -2.68. The number of carbonyl (C=O) groups excluding carboxylic acids is 2. The van der Waals surface area contributed by atoms with Crippen molar-refractivity contribution >= 4 is 11.8 Å². The number of hydrogen-bond acceptors (Lipinski definition) is 3. The fourth-order valence-corrected chi connectivity index (χ4v) is 2.27. The molecule has 5 nitrogen and oxygen atoms in total. The van der Waals surface area contributed by atoms with Gasteiger partial charge in [0.2, 0.25) is 11.8 Å². The predicted octanol–water partition coefficient (Wildman–Crippen LogP) is 1.17. The van der Waals surface area contributed by atoms with Crippen LogP contribution in [-0.2, 0) is 14.3 Å². The van der Waals surface area contributed by atoms with Gasteiger partial charge in [-0.15, -0.1) is 0 Å². The molecule has 1 rings (SSSR count). The van der Waals surface area contributed by atoms with Crippen LogP contribution >= 0.6 is 0 Å². The van der Waals surface area contributed by atoms with Gasteiger partial charge in [0.15, 0.2) is 0 Å². The van der Waals surface area contributed by atoms with Gasteiger partial charge in [-0.3, -0.25) is 9.59 Å². The van der Waals surface area contributed by atoms with Crippen LogP contribution < -0.4 is 5.32 Å². The molecule has 0 aliphatic carbocycles. The SMILES string of the molecule is COCCC(C)(C)CN1C(=O)C(C)(C)NC(=O)C1C. The summed E-state index contributed by atoms with van der Waals surface area (Å²) in [6.07, 6.45) is 0.849. The van der Waals surface area contributed by atoms with Gasteiger partial charge in [-0.2, -0.15) is 0 Å². The molecule has 1 atom stereocenters. The number of hydrogen-bond donors (Lipinski definition) is 1. The van der Waals surface area contributed by atoms with Crippen LogP contribution in [0.15, 0.2) is 0 Å². The van der Waals surface area contributed by atoms with Crippen LogP contribution in [0.2, 0.25) is 0 Å². The summed E-state index contributed by atoms with van der Waals surface area (Å²) in [5, 5.41) is 2.76. The number of rotatable bonds is 5. The van der Waals surface area contributed by atoms with Crippen molar-refractivity contribution in [3.63, 3.8) is 0 Å². The third kappa shape index (κ3) is 3.69. The van der Waals surface area contributed by atoms with Crippen LogP contribution in [-0.4, -0.2) is 48.6 Å². The molecule has 1 aliphatic heterocycles. The monoisotopic (exact) mass is 270 g/mol. The van der Waals surface area contributed by atoms with Crippen LogP contribution in [0.3, 0.4) is 0 Å². The smallest absolute Gasteiger partial charge is 0.248 e. The van der Waals surface area contributed by atoms with E-state index < -0.39 is 11.6 Å². The molecule has 0 aromatic carbocycles. The molecule has 0 spiro atoms. The molecule has 2 amide bonds. The molecule has 1 saturated heterocycles. The third-order valence-electron chi connectivity index (χ3n) is 3.66. The fraction of sp³-hybridized carbons (Fsp3) is 0.857. The number of piperazine rings is 1. The minimum Gasteiger partial charge on any atom is -0.385 e. The van der Waals surface area contributed by atoms with E-state index in [9.17, 15) is 9.59 Å². The molecule has 5 heteroatoms. The lowest BCUT2D eigenvalue weighted by Gasteiger charge is -2.44. The molecule has 0 saturated carbocycles. The van der Waals surface area contributed by atoms with E-state index in [1.807, 2.05) is 0 Å². The van der Waals surface area contributed by atoms with E-state index in [0.29, 0.717) is 13.2 Å². The number of nitrogens with one attached hydrogen (secondary N) is 1. The molecule has 1 heterocycles. The molecular formula is C14H26N2O3. The van der Waals surface area contributed by atoms with Gasteiger partial charge in [0, 0.05) is 20.3 Å². The van der Waals surface area contributed by atoms with E-state index in [0.717, 1.165) is 6.42 Å². The maximum atomic E-state index is 12.4. The fourth-order valence-electron chi connectivity index (χ4n) is 2.27. The van der Waals surface area contributed by atoms with Crippen molar-refractivity contribution in [2.45, 2.75) is 52.6 Å². The van der Waals surface area contributed by atoms with Gasteiger partial charge in [0.25, 0.3) is 0 Å². The summed E-state index contributed by atoms with van der Waals surface area (Å²) in [5.41, 5.74) is -0.894. The van der Waals surface area contributed by atoms with E-state index in [-0.39, 0.29) is 17.2 Å². The largest absolute Gasteiger partial charge is 0.385 e. The first-order valence-electron chi connectivity index (χ1n) is 6.73. The Morgan fingerprint density at radius 2 is 1.95 bits per heavy atom. The van der Waals surface area contributed by atoms with Crippen molar-refractivity contribution in [3.05, 3.63) is 0 Å².